The molecule has 4 nitrogen and oxygen atoms in total. The molecule has 1 N–H and O–H groups in total. The number of hydrogen-bond donors (Lipinski definition) is 1. The highest BCUT2D eigenvalue weighted by Gasteiger charge is 2.19. The van der Waals surface area contributed by atoms with Crippen LogP contribution in [0.1, 0.15) is 18.1 Å². The quantitative estimate of drug-likeness (QED) is 0.869. The molecule has 0 aliphatic rings. The Kier molecular flexibility index (Phi) is 5.91. The standard InChI is InChI=1S/C18H18BrN3O/c1-13(22(2)12-14-7-9-16(19)10-8-14)18(23)21-17-6-4-3-5-15(17)11-20/h3-10,13H,12H2,1-2H3,(H,21,23)/t13-/m0/s1. The summed E-state index contributed by atoms with van der Waals surface area (Å²) in [5.74, 6) is -0.132. The first-order valence-electron chi connectivity index (χ1n) is 7.26. The summed E-state index contributed by atoms with van der Waals surface area (Å²) < 4.78 is 1.03. The van der Waals surface area contributed by atoms with Crippen LogP contribution in [0.15, 0.2) is 53.0 Å². The maximum Gasteiger partial charge on any atom is 0.241 e. The van der Waals surface area contributed by atoms with E-state index in [2.05, 4.69) is 27.3 Å². The number of carbonyl (C=O) groups excluding carboxylic acids is 1. The Balaban J connectivity index is 2.01. The molecule has 2 aromatic carbocycles. The van der Waals surface area contributed by atoms with Crippen LogP contribution >= 0.6 is 15.9 Å². The van der Waals surface area contributed by atoms with Crippen LogP contribution in [0.2, 0.25) is 0 Å². The Hall–Kier alpha value is -2.16. The van der Waals surface area contributed by atoms with Crippen LogP contribution < -0.4 is 5.32 Å². The van der Waals surface area contributed by atoms with Crippen molar-refractivity contribution in [2.45, 2.75) is 19.5 Å². The van der Waals surface area contributed by atoms with Gasteiger partial charge >= 0.3 is 0 Å². The molecule has 23 heavy (non-hydrogen) atoms. The fraction of sp³-hybridized carbons (Fsp3) is 0.222. The first-order chi connectivity index (χ1) is 11.0. The Morgan fingerprint density at radius 2 is 1.91 bits per heavy atom. The van der Waals surface area contributed by atoms with Crippen LogP contribution in [0, 0.1) is 11.3 Å². The molecular formula is C18H18BrN3O. The lowest BCUT2D eigenvalue weighted by Gasteiger charge is -2.24. The number of para-hydroxylation sites is 1. The number of amides is 1. The smallest absolute Gasteiger partial charge is 0.241 e. The molecule has 0 aliphatic carbocycles. The van der Waals surface area contributed by atoms with Gasteiger partial charge in [-0.1, -0.05) is 40.2 Å². The molecule has 0 heterocycles. The minimum Gasteiger partial charge on any atom is -0.324 e. The number of nitrogens with one attached hydrogen (secondary N) is 1. The second kappa shape index (κ2) is 7.91. The molecule has 2 aromatic rings. The van der Waals surface area contributed by atoms with Gasteiger partial charge in [0.2, 0.25) is 5.91 Å². The van der Waals surface area contributed by atoms with Gasteiger partial charge in [-0.25, -0.2) is 0 Å². The Bertz CT molecular complexity index is 722. The van der Waals surface area contributed by atoms with E-state index in [0.29, 0.717) is 17.8 Å². The van der Waals surface area contributed by atoms with E-state index < -0.39 is 0 Å². The van der Waals surface area contributed by atoms with Crippen molar-refractivity contribution in [2.75, 3.05) is 12.4 Å². The SMILES string of the molecule is C[C@@H](C(=O)Nc1ccccc1C#N)N(C)Cc1ccc(Br)cc1. The first-order valence-corrected chi connectivity index (χ1v) is 8.05. The van der Waals surface area contributed by atoms with E-state index in [1.54, 1.807) is 24.3 Å². The molecule has 118 valence electrons. The van der Waals surface area contributed by atoms with Crippen molar-refractivity contribution in [3.63, 3.8) is 0 Å². The average Bonchev–Trinajstić information content (AvgIpc) is 2.56. The second-order valence-corrected chi connectivity index (χ2v) is 6.28. The highest BCUT2D eigenvalue weighted by Crippen LogP contribution is 2.16. The summed E-state index contributed by atoms with van der Waals surface area (Å²) in [5, 5.41) is 11.9. The first kappa shape index (κ1) is 17.2. The molecule has 0 spiro atoms. The van der Waals surface area contributed by atoms with E-state index in [-0.39, 0.29) is 11.9 Å². The molecule has 0 bridgehead atoms. The Morgan fingerprint density at radius 3 is 2.57 bits per heavy atom. The molecule has 0 saturated heterocycles. The monoisotopic (exact) mass is 371 g/mol. The highest BCUT2D eigenvalue weighted by atomic mass is 79.9. The number of halogens is 1. The predicted octanol–water partition coefficient (Wildman–Crippen LogP) is 3.78. The number of rotatable bonds is 5. The minimum absolute atomic E-state index is 0.132. The molecule has 2 rings (SSSR count). The van der Waals surface area contributed by atoms with E-state index in [0.717, 1.165) is 10.0 Å². The summed E-state index contributed by atoms with van der Waals surface area (Å²) in [6, 6.07) is 16.8. The molecule has 0 aliphatic heterocycles. The molecular weight excluding hydrogens is 354 g/mol. The summed E-state index contributed by atoms with van der Waals surface area (Å²) in [7, 11) is 1.91. The summed E-state index contributed by atoms with van der Waals surface area (Å²) in [6.45, 7) is 2.52. The maximum atomic E-state index is 12.4. The highest BCUT2D eigenvalue weighted by molar-refractivity contribution is 9.10. The van der Waals surface area contributed by atoms with Crippen molar-refractivity contribution >= 4 is 27.5 Å². The van der Waals surface area contributed by atoms with Gasteiger partial charge < -0.3 is 5.32 Å². The van der Waals surface area contributed by atoms with Crippen molar-refractivity contribution in [3.8, 4) is 6.07 Å². The number of likely N-dealkylation sites (N-methyl/N-ethyl adjacent to an activating group) is 1. The van der Waals surface area contributed by atoms with Gasteiger partial charge in [-0.2, -0.15) is 5.26 Å². The van der Waals surface area contributed by atoms with Gasteiger partial charge in [0.1, 0.15) is 6.07 Å². The van der Waals surface area contributed by atoms with E-state index in [4.69, 9.17) is 5.26 Å². The van der Waals surface area contributed by atoms with Crippen LogP contribution in [0.25, 0.3) is 0 Å². The average molecular weight is 372 g/mol. The van der Waals surface area contributed by atoms with E-state index in [1.165, 1.54) is 0 Å². The minimum atomic E-state index is -0.314. The third kappa shape index (κ3) is 4.65. The molecule has 1 amide bonds. The van der Waals surface area contributed by atoms with Crippen molar-refractivity contribution in [3.05, 3.63) is 64.1 Å². The van der Waals surface area contributed by atoms with Crippen molar-refractivity contribution in [1.29, 1.82) is 5.26 Å². The van der Waals surface area contributed by atoms with Crippen molar-refractivity contribution in [2.24, 2.45) is 0 Å². The second-order valence-electron chi connectivity index (χ2n) is 5.36. The summed E-state index contributed by atoms with van der Waals surface area (Å²) in [5.41, 5.74) is 2.14. The fourth-order valence-corrected chi connectivity index (χ4v) is 2.41. The molecule has 0 radical (unpaired) electrons. The lowest BCUT2D eigenvalue weighted by Crippen LogP contribution is -2.39. The number of carbonyl (C=O) groups is 1. The molecule has 0 unspecified atom stereocenters. The lowest BCUT2D eigenvalue weighted by molar-refractivity contribution is -0.120. The molecule has 0 fully saturated rings. The Morgan fingerprint density at radius 1 is 1.26 bits per heavy atom. The lowest BCUT2D eigenvalue weighted by atomic mass is 10.1. The largest absolute Gasteiger partial charge is 0.324 e. The summed E-state index contributed by atoms with van der Waals surface area (Å²) in [4.78, 5) is 14.4. The van der Waals surface area contributed by atoms with Gasteiger partial charge in [0.15, 0.2) is 0 Å². The van der Waals surface area contributed by atoms with Crippen molar-refractivity contribution in [1.82, 2.24) is 4.90 Å². The van der Waals surface area contributed by atoms with Crippen LogP contribution in [0.3, 0.4) is 0 Å². The summed E-state index contributed by atoms with van der Waals surface area (Å²) in [6.07, 6.45) is 0. The Labute approximate surface area is 144 Å². The van der Waals surface area contributed by atoms with Crippen LogP contribution in [-0.4, -0.2) is 23.9 Å². The zero-order valence-electron chi connectivity index (χ0n) is 13.1. The maximum absolute atomic E-state index is 12.4. The van der Waals surface area contributed by atoms with E-state index >= 15 is 0 Å². The zero-order chi connectivity index (χ0) is 16.8. The molecule has 0 aromatic heterocycles. The van der Waals surface area contributed by atoms with Crippen molar-refractivity contribution < 1.29 is 4.79 Å². The third-order valence-electron chi connectivity index (χ3n) is 3.69. The number of benzene rings is 2. The van der Waals surface area contributed by atoms with Gasteiger partial charge in [-0.05, 0) is 43.8 Å². The number of hydrogen-bond acceptors (Lipinski definition) is 3. The molecule has 5 heteroatoms. The molecule has 0 saturated carbocycles. The van der Waals surface area contributed by atoms with Gasteiger partial charge in [0.25, 0.3) is 0 Å². The molecule has 1 atom stereocenters. The number of nitriles is 1. The van der Waals surface area contributed by atoms with Crippen LogP contribution in [0.5, 0.6) is 0 Å². The van der Waals surface area contributed by atoms with Gasteiger partial charge in [0, 0.05) is 11.0 Å². The van der Waals surface area contributed by atoms with Gasteiger partial charge in [-0.15, -0.1) is 0 Å². The topological polar surface area (TPSA) is 56.1 Å². The van der Waals surface area contributed by atoms with Gasteiger partial charge in [-0.3, -0.25) is 9.69 Å². The van der Waals surface area contributed by atoms with Crippen LogP contribution in [-0.2, 0) is 11.3 Å². The predicted molar refractivity (Wildman–Crippen MR) is 94.9 cm³/mol. The zero-order valence-corrected chi connectivity index (χ0v) is 14.7. The van der Waals surface area contributed by atoms with Crippen LogP contribution in [0.4, 0.5) is 5.69 Å². The van der Waals surface area contributed by atoms with E-state index in [9.17, 15) is 4.79 Å². The summed E-state index contributed by atoms with van der Waals surface area (Å²) >= 11 is 3.41. The number of anilines is 1. The normalized spacial score (nSPS) is 11.8. The third-order valence-corrected chi connectivity index (χ3v) is 4.22. The fourth-order valence-electron chi connectivity index (χ4n) is 2.14. The van der Waals surface area contributed by atoms with Gasteiger partial charge in [0.05, 0.1) is 17.3 Å². The number of nitrogens with zero attached hydrogens (tertiary/aromatic N) is 2. The van der Waals surface area contributed by atoms with E-state index in [1.807, 2.05) is 43.1 Å².